The topological polar surface area (TPSA) is 0 Å². The summed E-state index contributed by atoms with van der Waals surface area (Å²) in [6.45, 7) is 12.7. The molecule has 8 atom stereocenters. The van der Waals surface area contributed by atoms with Crippen molar-refractivity contribution in [1.29, 1.82) is 0 Å². The Morgan fingerprint density at radius 1 is 1.00 bits per heavy atom. The van der Waals surface area contributed by atoms with Crippen molar-refractivity contribution in [3.8, 4) is 0 Å². The molecule has 0 aliphatic heterocycles. The van der Waals surface area contributed by atoms with Gasteiger partial charge in [0.2, 0.25) is 0 Å². The minimum Gasteiger partial charge on any atom is -0.176 e. The average molecular weight is 403 g/mol. The van der Waals surface area contributed by atoms with Crippen LogP contribution in [0, 0.1) is 46.3 Å². The van der Waals surface area contributed by atoms with Crippen LogP contribution in [-0.4, -0.2) is 5.25 Å². The van der Waals surface area contributed by atoms with Gasteiger partial charge in [0.25, 0.3) is 0 Å². The molecule has 0 heterocycles. The van der Waals surface area contributed by atoms with Crippen molar-refractivity contribution >= 4 is 12.6 Å². The quantitative estimate of drug-likeness (QED) is 0.347. The molecular weight excluding hydrogens is 356 g/mol. The normalized spacial score (nSPS) is 46.5. The van der Waals surface area contributed by atoms with E-state index >= 15 is 0 Å². The summed E-state index contributed by atoms with van der Waals surface area (Å²) in [4.78, 5) is 0. The van der Waals surface area contributed by atoms with Crippen molar-refractivity contribution in [3.63, 3.8) is 0 Å². The zero-order valence-corrected chi connectivity index (χ0v) is 20.2. The first kappa shape index (κ1) is 21.3. The van der Waals surface area contributed by atoms with E-state index in [0.717, 1.165) is 35.5 Å². The Labute approximate surface area is 181 Å². The molecule has 0 bridgehead atoms. The Kier molecular flexibility index (Phi) is 6.07. The van der Waals surface area contributed by atoms with E-state index in [1.807, 2.05) is 0 Å². The lowest BCUT2D eigenvalue weighted by molar-refractivity contribution is -0.0497. The molecule has 28 heavy (non-hydrogen) atoms. The number of thiol groups is 1. The Balaban J connectivity index is 1.49. The van der Waals surface area contributed by atoms with Gasteiger partial charge in [-0.25, -0.2) is 0 Å². The van der Waals surface area contributed by atoms with Crippen LogP contribution in [0.15, 0.2) is 11.6 Å². The predicted octanol–water partition coefficient (Wildman–Crippen LogP) is 8.33. The van der Waals surface area contributed by atoms with Gasteiger partial charge in [0, 0.05) is 5.25 Å². The molecule has 4 aliphatic rings. The second-order valence-electron chi connectivity index (χ2n) is 12.2. The van der Waals surface area contributed by atoms with Crippen molar-refractivity contribution in [2.45, 2.75) is 110 Å². The molecule has 1 heteroatoms. The van der Waals surface area contributed by atoms with Gasteiger partial charge in [0.05, 0.1) is 0 Å². The summed E-state index contributed by atoms with van der Waals surface area (Å²) in [7, 11) is 0. The number of hydrogen-bond donors (Lipinski definition) is 1. The van der Waals surface area contributed by atoms with Crippen LogP contribution in [0.2, 0.25) is 0 Å². The van der Waals surface area contributed by atoms with Crippen LogP contribution in [0.4, 0.5) is 0 Å². The summed E-state index contributed by atoms with van der Waals surface area (Å²) in [5.74, 6) is 5.70. The van der Waals surface area contributed by atoms with Gasteiger partial charge in [-0.1, -0.05) is 65.5 Å². The summed E-state index contributed by atoms with van der Waals surface area (Å²) >= 11 is 4.84. The highest BCUT2D eigenvalue weighted by Gasteiger charge is 2.58. The first-order valence-electron chi connectivity index (χ1n) is 12.6. The summed E-state index contributed by atoms with van der Waals surface area (Å²) < 4.78 is 0. The SMILES string of the molecule is CC(C)CCC[C@H](C)[C@H]1CC[C@H]2[C@@H]3CC=C4C[C@@H](S)CC[C@]4(C)[C@H]3CC[C@]12C. The Hall–Kier alpha value is 0.0900. The number of fused-ring (bicyclic) bond motifs is 5. The number of allylic oxidation sites excluding steroid dienone is 2. The molecule has 160 valence electrons. The molecule has 0 spiro atoms. The Morgan fingerprint density at radius 3 is 2.54 bits per heavy atom. The molecule has 0 aromatic carbocycles. The van der Waals surface area contributed by atoms with Gasteiger partial charge >= 0.3 is 0 Å². The van der Waals surface area contributed by atoms with E-state index in [0.29, 0.717) is 16.1 Å². The lowest BCUT2D eigenvalue weighted by atomic mass is 9.47. The highest BCUT2D eigenvalue weighted by molar-refractivity contribution is 7.80. The van der Waals surface area contributed by atoms with E-state index in [-0.39, 0.29) is 0 Å². The fraction of sp³-hybridized carbons (Fsp3) is 0.926. The third-order valence-electron chi connectivity index (χ3n) is 10.3. The average Bonchev–Trinajstić information content (AvgIpc) is 2.99. The number of rotatable bonds is 5. The van der Waals surface area contributed by atoms with Crippen molar-refractivity contribution in [3.05, 3.63) is 11.6 Å². The van der Waals surface area contributed by atoms with Crippen molar-refractivity contribution in [2.75, 3.05) is 0 Å². The molecule has 3 fully saturated rings. The Bertz CT molecular complexity index is 591. The first-order valence-corrected chi connectivity index (χ1v) is 13.1. The van der Waals surface area contributed by atoms with Crippen LogP contribution in [0.1, 0.15) is 105 Å². The second kappa shape index (κ2) is 7.97. The minimum atomic E-state index is 0.504. The minimum absolute atomic E-state index is 0.504. The van der Waals surface area contributed by atoms with Crippen LogP contribution in [0.3, 0.4) is 0 Å². The fourth-order valence-electron chi connectivity index (χ4n) is 8.67. The van der Waals surface area contributed by atoms with Gasteiger partial charge in [-0.15, -0.1) is 0 Å². The lowest BCUT2D eigenvalue weighted by Crippen LogP contribution is -2.50. The maximum atomic E-state index is 4.84. The molecule has 0 aromatic heterocycles. The van der Waals surface area contributed by atoms with E-state index in [2.05, 4.69) is 40.7 Å². The first-order chi connectivity index (χ1) is 13.3. The summed E-state index contributed by atoms with van der Waals surface area (Å²) in [6.07, 6.45) is 18.4. The molecule has 0 saturated heterocycles. The van der Waals surface area contributed by atoms with Gasteiger partial charge in [-0.2, -0.15) is 12.6 Å². The molecule has 0 radical (unpaired) electrons. The molecule has 0 N–H and O–H groups in total. The highest BCUT2D eigenvalue weighted by Crippen LogP contribution is 2.67. The maximum Gasteiger partial charge on any atom is 0.00545 e. The van der Waals surface area contributed by atoms with Gasteiger partial charge < -0.3 is 0 Å². The molecular formula is C27H46S. The zero-order valence-electron chi connectivity index (χ0n) is 19.3. The molecule has 0 amide bonds. The molecule has 4 rings (SSSR count). The summed E-state index contributed by atoms with van der Waals surface area (Å²) in [5.41, 5.74) is 2.92. The van der Waals surface area contributed by atoms with E-state index in [9.17, 15) is 0 Å². The lowest BCUT2D eigenvalue weighted by Gasteiger charge is -2.58. The summed E-state index contributed by atoms with van der Waals surface area (Å²) in [5, 5.41) is 0.618. The maximum absolute atomic E-state index is 4.84. The van der Waals surface area contributed by atoms with Gasteiger partial charge in [-0.05, 0) is 97.7 Å². The molecule has 4 aliphatic carbocycles. The van der Waals surface area contributed by atoms with Crippen LogP contribution in [0.25, 0.3) is 0 Å². The number of hydrogen-bond acceptors (Lipinski definition) is 1. The van der Waals surface area contributed by atoms with Crippen molar-refractivity contribution < 1.29 is 0 Å². The Morgan fingerprint density at radius 2 is 1.79 bits per heavy atom. The van der Waals surface area contributed by atoms with Gasteiger partial charge in [0.1, 0.15) is 0 Å². The van der Waals surface area contributed by atoms with Crippen molar-refractivity contribution in [2.24, 2.45) is 46.3 Å². The van der Waals surface area contributed by atoms with Crippen molar-refractivity contribution in [1.82, 2.24) is 0 Å². The van der Waals surface area contributed by atoms with Crippen LogP contribution in [0.5, 0.6) is 0 Å². The largest absolute Gasteiger partial charge is 0.176 e. The van der Waals surface area contributed by atoms with E-state index in [1.165, 1.54) is 70.6 Å². The third-order valence-corrected chi connectivity index (χ3v) is 10.7. The fourth-order valence-corrected chi connectivity index (χ4v) is 8.99. The van der Waals surface area contributed by atoms with Crippen LogP contribution in [-0.2, 0) is 0 Å². The molecule has 0 nitrogen and oxygen atoms in total. The highest BCUT2D eigenvalue weighted by atomic mass is 32.1. The molecule has 3 saturated carbocycles. The third kappa shape index (κ3) is 3.54. The second-order valence-corrected chi connectivity index (χ2v) is 12.9. The predicted molar refractivity (Wildman–Crippen MR) is 126 cm³/mol. The monoisotopic (exact) mass is 402 g/mol. The standard InChI is InChI=1S/C27H46S/c1-18(2)7-6-8-19(3)23-11-12-24-22-10-9-20-17-21(28)13-15-26(20,4)25(22)14-16-27(23,24)5/h9,18-19,21-25,28H,6-8,10-17H2,1-5H3/t19-,21-,22-,23+,24-,25-,26-,27+/m0/s1. The zero-order chi connectivity index (χ0) is 20.1. The van der Waals surface area contributed by atoms with E-state index < -0.39 is 0 Å². The molecule has 0 aromatic rings. The van der Waals surface area contributed by atoms with E-state index in [4.69, 9.17) is 12.6 Å². The van der Waals surface area contributed by atoms with E-state index in [1.54, 1.807) is 5.57 Å². The van der Waals surface area contributed by atoms with Gasteiger partial charge in [0.15, 0.2) is 0 Å². The smallest absolute Gasteiger partial charge is 0.00545 e. The van der Waals surface area contributed by atoms with Gasteiger partial charge in [-0.3, -0.25) is 0 Å². The van der Waals surface area contributed by atoms with Crippen LogP contribution >= 0.6 is 12.6 Å². The van der Waals surface area contributed by atoms with Crippen LogP contribution < -0.4 is 0 Å². The summed E-state index contributed by atoms with van der Waals surface area (Å²) in [6, 6.07) is 0. The molecule has 0 unspecified atom stereocenters.